The van der Waals surface area contributed by atoms with Crippen LogP contribution >= 0.6 is 0 Å². The van der Waals surface area contributed by atoms with Gasteiger partial charge in [-0.05, 0) is 30.4 Å². The Morgan fingerprint density at radius 2 is 1.81 bits per heavy atom. The first kappa shape index (κ1) is 15.7. The van der Waals surface area contributed by atoms with Crippen molar-refractivity contribution in [3.8, 4) is 0 Å². The number of benzene rings is 1. The number of aryl methyl sites for hydroxylation is 1. The van der Waals surface area contributed by atoms with Crippen LogP contribution in [0, 0.1) is 12.3 Å². The summed E-state index contributed by atoms with van der Waals surface area (Å²) in [5.74, 6) is 1.32. The molecule has 0 aliphatic rings. The normalized spacial score (nSPS) is 13.4. The first-order chi connectivity index (χ1) is 9.86. The standard InChI is InChI=1S/C17H25N3O/c1-12-8-6-7-9-14(12)10-15-19-20-16(21-15)11-18-13(2)17(3,4)5/h6-9,13,18H,10-11H2,1-5H3/t13-/m1/s1. The number of hydrogen-bond acceptors (Lipinski definition) is 4. The highest BCUT2D eigenvalue weighted by Crippen LogP contribution is 2.19. The van der Waals surface area contributed by atoms with Crippen molar-refractivity contribution >= 4 is 0 Å². The molecule has 4 nitrogen and oxygen atoms in total. The van der Waals surface area contributed by atoms with Crippen molar-refractivity contribution in [3.63, 3.8) is 0 Å². The molecule has 0 radical (unpaired) electrons. The Hall–Kier alpha value is -1.68. The zero-order chi connectivity index (χ0) is 15.5. The second-order valence-corrected chi connectivity index (χ2v) is 6.66. The van der Waals surface area contributed by atoms with Crippen LogP contribution in [0.5, 0.6) is 0 Å². The highest BCUT2D eigenvalue weighted by atomic mass is 16.4. The quantitative estimate of drug-likeness (QED) is 0.914. The summed E-state index contributed by atoms with van der Waals surface area (Å²) < 4.78 is 5.72. The largest absolute Gasteiger partial charge is 0.424 e. The molecule has 1 N–H and O–H groups in total. The number of nitrogens with zero attached hydrogens (tertiary/aromatic N) is 2. The van der Waals surface area contributed by atoms with Crippen LogP contribution < -0.4 is 5.32 Å². The van der Waals surface area contributed by atoms with Crippen molar-refractivity contribution in [2.45, 2.75) is 53.6 Å². The summed E-state index contributed by atoms with van der Waals surface area (Å²) in [6.45, 7) is 11.5. The Balaban J connectivity index is 1.95. The van der Waals surface area contributed by atoms with Gasteiger partial charge in [-0.3, -0.25) is 0 Å². The molecule has 1 atom stereocenters. The molecule has 1 aromatic carbocycles. The summed E-state index contributed by atoms with van der Waals surface area (Å²) in [5, 5.41) is 11.7. The second kappa shape index (κ2) is 6.39. The summed E-state index contributed by atoms with van der Waals surface area (Å²) in [5.41, 5.74) is 2.68. The van der Waals surface area contributed by atoms with Gasteiger partial charge in [0.15, 0.2) is 0 Å². The highest BCUT2D eigenvalue weighted by Gasteiger charge is 2.20. The lowest BCUT2D eigenvalue weighted by Gasteiger charge is -2.27. The monoisotopic (exact) mass is 287 g/mol. The summed E-state index contributed by atoms with van der Waals surface area (Å²) in [4.78, 5) is 0. The lowest BCUT2D eigenvalue weighted by Crippen LogP contribution is -2.37. The van der Waals surface area contributed by atoms with Crippen LogP contribution in [0.4, 0.5) is 0 Å². The fraction of sp³-hybridized carbons (Fsp3) is 0.529. The third kappa shape index (κ3) is 4.39. The fourth-order valence-corrected chi connectivity index (χ4v) is 1.95. The molecule has 21 heavy (non-hydrogen) atoms. The van der Waals surface area contributed by atoms with Gasteiger partial charge in [-0.2, -0.15) is 0 Å². The summed E-state index contributed by atoms with van der Waals surface area (Å²) in [6, 6.07) is 8.64. The highest BCUT2D eigenvalue weighted by molar-refractivity contribution is 5.27. The van der Waals surface area contributed by atoms with Gasteiger partial charge < -0.3 is 9.73 Å². The van der Waals surface area contributed by atoms with E-state index in [-0.39, 0.29) is 5.41 Å². The minimum Gasteiger partial charge on any atom is -0.424 e. The van der Waals surface area contributed by atoms with Gasteiger partial charge in [0.25, 0.3) is 0 Å². The van der Waals surface area contributed by atoms with E-state index in [1.54, 1.807) is 0 Å². The maximum Gasteiger partial charge on any atom is 0.230 e. The zero-order valence-electron chi connectivity index (χ0n) is 13.6. The van der Waals surface area contributed by atoms with Crippen molar-refractivity contribution in [2.24, 2.45) is 5.41 Å². The Labute approximate surface area is 127 Å². The molecule has 0 saturated carbocycles. The van der Waals surface area contributed by atoms with Crippen LogP contribution in [-0.4, -0.2) is 16.2 Å². The van der Waals surface area contributed by atoms with Crippen LogP contribution in [0.1, 0.15) is 50.6 Å². The minimum absolute atomic E-state index is 0.212. The van der Waals surface area contributed by atoms with E-state index in [9.17, 15) is 0 Å². The van der Waals surface area contributed by atoms with Gasteiger partial charge in [0.2, 0.25) is 11.8 Å². The Kier molecular flexibility index (Phi) is 4.78. The number of aromatic nitrogens is 2. The van der Waals surface area contributed by atoms with Gasteiger partial charge in [-0.15, -0.1) is 10.2 Å². The van der Waals surface area contributed by atoms with Crippen molar-refractivity contribution in [1.82, 2.24) is 15.5 Å². The van der Waals surface area contributed by atoms with Gasteiger partial charge in [0.1, 0.15) is 0 Å². The van der Waals surface area contributed by atoms with Crippen LogP contribution in [0.3, 0.4) is 0 Å². The number of nitrogens with one attached hydrogen (secondary N) is 1. The van der Waals surface area contributed by atoms with Crippen molar-refractivity contribution in [3.05, 3.63) is 47.2 Å². The average molecular weight is 287 g/mol. The molecule has 2 aromatic rings. The van der Waals surface area contributed by atoms with E-state index in [0.717, 1.165) is 0 Å². The molecule has 114 valence electrons. The Morgan fingerprint density at radius 1 is 1.14 bits per heavy atom. The first-order valence-corrected chi connectivity index (χ1v) is 7.45. The molecule has 0 saturated heterocycles. The maximum atomic E-state index is 5.72. The van der Waals surface area contributed by atoms with Crippen LogP contribution in [-0.2, 0) is 13.0 Å². The lowest BCUT2D eigenvalue weighted by molar-refractivity contribution is 0.275. The fourth-order valence-electron chi connectivity index (χ4n) is 1.95. The van der Waals surface area contributed by atoms with Gasteiger partial charge in [0.05, 0.1) is 13.0 Å². The van der Waals surface area contributed by atoms with E-state index in [1.807, 2.05) is 12.1 Å². The van der Waals surface area contributed by atoms with Crippen LogP contribution in [0.25, 0.3) is 0 Å². The van der Waals surface area contributed by atoms with E-state index in [4.69, 9.17) is 4.42 Å². The Bertz CT molecular complexity index is 584. The van der Waals surface area contributed by atoms with Crippen LogP contribution in [0.15, 0.2) is 28.7 Å². The minimum atomic E-state index is 0.212. The van der Waals surface area contributed by atoms with Crippen molar-refractivity contribution in [2.75, 3.05) is 0 Å². The molecule has 0 amide bonds. The van der Waals surface area contributed by atoms with E-state index in [0.29, 0.717) is 30.8 Å². The maximum absolute atomic E-state index is 5.72. The molecule has 0 aliphatic carbocycles. The molecule has 0 unspecified atom stereocenters. The first-order valence-electron chi connectivity index (χ1n) is 7.45. The predicted octanol–water partition coefficient (Wildman–Crippen LogP) is 3.49. The van der Waals surface area contributed by atoms with Gasteiger partial charge in [-0.1, -0.05) is 45.0 Å². The molecule has 1 aromatic heterocycles. The SMILES string of the molecule is Cc1ccccc1Cc1nnc(CN[C@H](C)C(C)(C)C)o1. The lowest BCUT2D eigenvalue weighted by atomic mass is 9.88. The molecule has 4 heteroatoms. The second-order valence-electron chi connectivity index (χ2n) is 6.66. The molecular formula is C17H25N3O. The molecular weight excluding hydrogens is 262 g/mol. The third-order valence-electron chi connectivity index (χ3n) is 3.97. The van der Waals surface area contributed by atoms with E-state index < -0.39 is 0 Å². The molecule has 0 bridgehead atoms. The van der Waals surface area contributed by atoms with Crippen molar-refractivity contribution in [1.29, 1.82) is 0 Å². The van der Waals surface area contributed by atoms with Crippen LogP contribution in [0.2, 0.25) is 0 Å². The smallest absolute Gasteiger partial charge is 0.230 e. The molecule has 1 heterocycles. The molecule has 0 aliphatic heterocycles. The summed E-state index contributed by atoms with van der Waals surface area (Å²) in [7, 11) is 0. The van der Waals surface area contributed by atoms with Crippen molar-refractivity contribution < 1.29 is 4.42 Å². The molecule has 0 fully saturated rings. The topological polar surface area (TPSA) is 51.0 Å². The summed E-state index contributed by atoms with van der Waals surface area (Å²) in [6.07, 6.45) is 0.689. The van der Waals surface area contributed by atoms with E-state index in [2.05, 4.69) is 62.3 Å². The van der Waals surface area contributed by atoms with E-state index in [1.165, 1.54) is 11.1 Å². The predicted molar refractivity (Wildman–Crippen MR) is 84.0 cm³/mol. The third-order valence-corrected chi connectivity index (χ3v) is 3.97. The van der Waals surface area contributed by atoms with E-state index >= 15 is 0 Å². The number of hydrogen-bond donors (Lipinski definition) is 1. The summed E-state index contributed by atoms with van der Waals surface area (Å²) >= 11 is 0. The molecule has 2 rings (SSSR count). The molecule has 0 spiro atoms. The van der Waals surface area contributed by atoms with Gasteiger partial charge in [0, 0.05) is 6.04 Å². The van der Waals surface area contributed by atoms with Gasteiger partial charge >= 0.3 is 0 Å². The van der Waals surface area contributed by atoms with Gasteiger partial charge in [-0.25, -0.2) is 0 Å². The Morgan fingerprint density at radius 3 is 2.48 bits per heavy atom. The zero-order valence-corrected chi connectivity index (χ0v) is 13.6. The number of rotatable bonds is 5. The average Bonchev–Trinajstić information content (AvgIpc) is 2.85.